The molecule has 0 bridgehead atoms. The average Bonchev–Trinajstić information content (AvgIpc) is 3.22. The first-order valence-corrected chi connectivity index (χ1v) is 8.85. The van der Waals surface area contributed by atoms with E-state index in [0.29, 0.717) is 18.2 Å². The summed E-state index contributed by atoms with van der Waals surface area (Å²) in [6.45, 7) is 2.61. The first-order chi connectivity index (χ1) is 11.6. The molecule has 5 nitrogen and oxygen atoms in total. The zero-order chi connectivity index (χ0) is 16.7. The van der Waals surface area contributed by atoms with Crippen LogP contribution >= 0.6 is 12.4 Å². The normalized spacial score (nSPS) is 16.9. The van der Waals surface area contributed by atoms with Gasteiger partial charge in [-0.25, -0.2) is 4.68 Å². The SMILES string of the molecule is Cc1ccccc1-n1nc(C(=O)NCC(N)C2CC2)c2c1CCC2.Cl. The molecule has 0 saturated heterocycles. The van der Waals surface area contributed by atoms with E-state index in [9.17, 15) is 4.79 Å². The molecule has 1 atom stereocenters. The third-order valence-electron chi connectivity index (χ3n) is 5.21. The predicted octanol–water partition coefficient (Wildman–Crippen LogP) is 2.56. The van der Waals surface area contributed by atoms with Gasteiger partial charge < -0.3 is 11.1 Å². The summed E-state index contributed by atoms with van der Waals surface area (Å²) >= 11 is 0. The molecule has 0 radical (unpaired) electrons. The summed E-state index contributed by atoms with van der Waals surface area (Å²) in [5, 5.41) is 7.65. The maximum Gasteiger partial charge on any atom is 0.272 e. The van der Waals surface area contributed by atoms with Crippen molar-refractivity contribution in [3.05, 3.63) is 46.8 Å². The molecular formula is C19H25ClN4O. The lowest BCUT2D eigenvalue weighted by molar-refractivity contribution is 0.0944. The molecule has 4 rings (SSSR count). The molecular weight excluding hydrogens is 336 g/mol. The quantitative estimate of drug-likeness (QED) is 0.860. The van der Waals surface area contributed by atoms with E-state index in [2.05, 4.69) is 29.5 Å². The highest BCUT2D eigenvalue weighted by Crippen LogP contribution is 2.31. The highest BCUT2D eigenvalue weighted by molar-refractivity contribution is 5.94. The largest absolute Gasteiger partial charge is 0.349 e. The Morgan fingerprint density at radius 1 is 1.36 bits per heavy atom. The monoisotopic (exact) mass is 360 g/mol. The number of benzene rings is 1. The van der Waals surface area contributed by atoms with Crippen LogP contribution in [-0.4, -0.2) is 28.3 Å². The minimum absolute atomic E-state index is 0. The van der Waals surface area contributed by atoms with Crippen molar-refractivity contribution in [2.75, 3.05) is 6.54 Å². The topological polar surface area (TPSA) is 72.9 Å². The van der Waals surface area contributed by atoms with E-state index in [1.807, 2.05) is 16.8 Å². The molecule has 6 heteroatoms. The van der Waals surface area contributed by atoms with Gasteiger partial charge in [0.15, 0.2) is 5.69 Å². The van der Waals surface area contributed by atoms with Gasteiger partial charge in [-0.2, -0.15) is 5.10 Å². The second-order valence-electron chi connectivity index (χ2n) is 7.04. The summed E-state index contributed by atoms with van der Waals surface area (Å²) < 4.78 is 1.97. The lowest BCUT2D eigenvalue weighted by atomic mass is 10.1. The molecule has 2 aliphatic rings. The van der Waals surface area contributed by atoms with Crippen molar-refractivity contribution in [2.24, 2.45) is 11.7 Å². The van der Waals surface area contributed by atoms with Gasteiger partial charge in [0.2, 0.25) is 0 Å². The Morgan fingerprint density at radius 3 is 2.84 bits per heavy atom. The van der Waals surface area contributed by atoms with Crippen LogP contribution < -0.4 is 11.1 Å². The molecule has 1 aromatic carbocycles. The van der Waals surface area contributed by atoms with Gasteiger partial charge in [0.25, 0.3) is 5.91 Å². The number of nitrogens with one attached hydrogen (secondary N) is 1. The maximum atomic E-state index is 12.6. The number of fused-ring (bicyclic) bond motifs is 1. The lowest BCUT2D eigenvalue weighted by Crippen LogP contribution is -2.39. The molecule has 0 aliphatic heterocycles. The Morgan fingerprint density at radius 2 is 2.12 bits per heavy atom. The minimum Gasteiger partial charge on any atom is -0.349 e. The standard InChI is InChI=1S/C19H24N4O.ClH/c1-12-5-2-3-7-16(12)23-17-8-4-6-14(17)18(22-23)19(24)21-11-15(20)13-9-10-13;/h2-3,5,7,13,15H,4,6,8-11,20H2,1H3,(H,21,24);1H. The van der Waals surface area contributed by atoms with Crippen LogP contribution in [0.3, 0.4) is 0 Å². The second-order valence-corrected chi connectivity index (χ2v) is 7.04. The summed E-state index contributed by atoms with van der Waals surface area (Å²) in [5.74, 6) is 0.497. The number of nitrogens with zero attached hydrogens (tertiary/aromatic N) is 2. The van der Waals surface area contributed by atoms with Crippen LogP contribution in [0.15, 0.2) is 24.3 Å². The molecule has 25 heavy (non-hydrogen) atoms. The molecule has 1 saturated carbocycles. The maximum absolute atomic E-state index is 12.6. The van der Waals surface area contributed by atoms with E-state index >= 15 is 0 Å². The van der Waals surface area contributed by atoms with Crippen molar-refractivity contribution in [2.45, 2.75) is 45.1 Å². The average molecular weight is 361 g/mol. The summed E-state index contributed by atoms with van der Waals surface area (Å²) in [6, 6.07) is 8.24. The van der Waals surface area contributed by atoms with Gasteiger partial charge in [-0.1, -0.05) is 18.2 Å². The van der Waals surface area contributed by atoms with Crippen molar-refractivity contribution >= 4 is 18.3 Å². The van der Waals surface area contributed by atoms with Crippen LogP contribution in [0.5, 0.6) is 0 Å². The third kappa shape index (κ3) is 3.44. The van der Waals surface area contributed by atoms with Crippen molar-refractivity contribution < 1.29 is 4.79 Å². The van der Waals surface area contributed by atoms with Gasteiger partial charge in [0.1, 0.15) is 0 Å². The van der Waals surface area contributed by atoms with Crippen molar-refractivity contribution in [3.8, 4) is 5.69 Å². The van der Waals surface area contributed by atoms with Crippen LogP contribution in [0.1, 0.15) is 46.6 Å². The fraction of sp³-hybridized carbons (Fsp3) is 0.474. The number of carbonyl (C=O) groups is 1. The fourth-order valence-electron chi connectivity index (χ4n) is 3.61. The molecule has 0 spiro atoms. The van der Waals surface area contributed by atoms with Crippen LogP contribution in [0, 0.1) is 12.8 Å². The van der Waals surface area contributed by atoms with Crippen molar-refractivity contribution in [3.63, 3.8) is 0 Å². The molecule has 1 heterocycles. The Bertz CT molecular complexity index is 782. The Hall–Kier alpha value is -1.85. The summed E-state index contributed by atoms with van der Waals surface area (Å²) in [4.78, 5) is 12.6. The number of aromatic nitrogens is 2. The van der Waals surface area contributed by atoms with Gasteiger partial charge in [-0.15, -0.1) is 12.4 Å². The number of para-hydroxylation sites is 1. The zero-order valence-electron chi connectivity index (χ0n) is 14.5. The van der Waals surface area contributed by atoms with E-state index in [0.717, 1.165) is 36.1 Å². The summed E-state index contributed by atoms with van der Waals surface area (Å²) in [5.41, 5.74) is 11.2. The first kappa shape index (κ1) is 18.0. The zero-order valence-corrected chi connectivity index (χ0v) is 15.3. The van der Waals surface area contributed by atoms with Gasteiger partial charge >= 0.3 is 0 Å². The first-order valence-electron chi connectivity index (χ1n) is 8.85. The third-order valence-corrected chi connectivity index (χ3v) is 5.21. The van der Waals surface area contributed by atoms with Crippen LogP contribution in [0.4, 0.5) is 0 Å². The van der Waals surface area contributed by atoms with Crippen LogP contribution in [0.25, 0.3) is 5.69 Å². The van der Waals surface area contributed by atoms with E-state index in [-0.39, 0.29) is 24.4 Å². The van der Waals surface area contributed by atoms with Gasteiger partial charge in [-0.05, 0) is 56.6 Å². The fourth-order valence-corrected chi connectivity index (χ4v) is 3.61. The molecule has 2 aromatic rings. The molecule has 1 amide bonds. The summed E-state index contributed by atoms with van der Waals surface area (Å²) in [7, 11) is 0. The highest BCUT2D eigenvalue weighted by Gasteiger charge is 2.30. The van der Waals surface area contributed by atoms with Crippen molar-refractivity contribution in [1.29, 1.82) is 0 Å². The number of nitrogens with two attached hydrogens (primary N) is 1. The number of hydrogen-bond acceptors (Lipinski definition) is 3. The molecule has 1 aromatic heterocycles. The van der Waals surface area contributed by atoms with Gasteiger partial charge in [0, 0.05) is 23.8 Å². The molecule has 3 N–H and O–H groups in total. The van der Waals surface area contributed by atoms with E-state index < -0.39 is 0 Å². The number of rotatable bonds is 5. The Labute approximate surface area is 154 Å². The van der Waals surface area contributed by atoms with E-state index in [1.165, 1.54) is 18.5 Å². The van der Waals surface area contributed by atoms with Gasteiger partial charge in [0.05, 0.1) is 5.69 Å². The molecule has 1 unspecified atom stereocenters. The molecule has 2 aliphatic carbocycles. The van der Waals surface area contributed by atoms with Crippen LogP contribution in [-0.2, 0) is 12.8 Å². The summed E-state index contributed by atoms with van der Waals surface area (Å²) in [6.07, 6.45) is 5.37. The van der Waals surface area contributed by atoms with Gasteiger partial charge in [-0.3, -0.25) is 4.79 Å². The number of hydrogen-bond donors (Lipinski definition) is 2. The number of carbonyl (C=O) groups excluding carboxylic acids is 1. The second kappa shape index (κ2) is 7.18. The number of aryl methyl sites for hydroxylation is 1. The Balaban J connectivity index is 0.00000182. The smallest absolute Gasteiger partial charge is 0.272 e. The Kier molecular flexibility index (Phi) is 5.16. The minimum atomic E-state index is -0.0865. The molecule has 1 fully saturated rings. The number of halogens is 1. The van der Waals surface area contributed by atoms with E-state index in [1.54, 1.807) is 0 Å². The predicted molar refractivity (Wildman–Crippen MR) is 101 cm³/mol. The van der Waals surface area contributed by atoms with Crippen LogP contribution in [0.2, 0.25) is 0 Å². The highest BCUT2D eigenvalue weighted by atomic mass is 35.5. The number of amides is 1. The lowest BCUT2D eigenvalue weighted by Gasteiger charge is -2.11. The van der Waals surface area contributed by atoms with Crippen molar-refractivity contribution in [1.82, 2.24) is 15.1 Å². The van der Waals surface area contributed by atoms with E-state index in [4.69, 9.17) is 5.73 Å². The molecule has 134 valence electrons.